The molecule has 1 aliphatic rings. The Morgan fingerprint density at radius 2 is 1.77 bits per heavy atom. The molecule has 0 spiro atoms. The van der Waals surface area contributed by atoms with Gasteiger partial charge in [-0.15, -0.1) is 10.2 Å². The SMILES string of the molecule is C[C@@H](C(=O)N[C@@H](CCC(=O)OCc1ccccc1)C(=O)N1c2ncccc2C[C@H]1C(=O)NCc1nn[nH]n1)c1ccccc1. The fraction of sp³-hybridized carbons (Fsp3) is 0.290. The van der Waals surface area contributed by atoms with Crippen molar-refractivity contribution in [3.8, 4) is 0 Å². The van der Waals surface area contributed by atoms with Crippen LogP contribution >= 0.6 is 0 Å². The number of aromatic nitrogens is 5. The molecule has 0 bridgehead atoms. The fourth-order valence-electron chi connectivity index (χ4n) is 4.95. The van der Waals surface area contributed by atoms with Crippen LogP contribution in [0.25, 0.3) is 0 Å². The molecule has 3 heterocycles. The number of tetrazole rings is 1. The monoisotopic (exact) mass is 596 g/mol. The van der Waals surface area contributed by atoms with Crippen molar-refractivity contribution in [3.63, 3.8) is 0 Å². The van der Waals surface area contributed by atoms with E-state index in [4.69, 9.17) is 4.74 Å². The van der Waals surface area contributed by atoms with Crippen LogP contribution in [-0.4, -0.2) is 61.4 Å². The number of rotatable bonds is 12. The minimum Gasteiger partial charge on any atom is -0.461 e. The summed E-state index contributed by atoms with van der Waals surface area (Å²) in [4.78, 5) is 59.4. The molecule has 226 valence electrons. The topological polar surface area (TPSA) is 172 Å². The van der Waals surface area contributed by atoms with Crippen LogP contribution in [0.4, 0.5) is 5.82 Å². The van der Waals surface area contributed by atoms with Gasteiger partial charge in [0.1, 0.15) is 24.5 Å². The van der Waals surface area contributed by atoms with Crippen LogP contribution in [0.15, 0.2) is 79.0 Å². The van der Waals surface area contributed by atoms with Gasteiger partial charge in [-0.05, 0) is 36.1 Å². The average molecular weight is 597 g/mol. The Morgan fingerprint density at radius 1 is 1.02 bits per heavy atom. The number of carbonyl (C=O) groups is 4. The van der Waals surface area contributed by atoms with E-state index >= 15 is 0 Å². The van der Waals surface area contributed by atoms with Gasteiger partial charge in [-0.3, -0.25) is 24.1 Å². The predicted molar refractivity (Wildman–Crippen MR) is 157 cm³/mol. The summed E-state index contributed by atoms with van der Waals surface area (Å²) in [5, 5.41) is 19.1. The number of carbonyl (C=O) groups excluding carboxylic acids is 4. The second-order valence-electron chi connectivity index (χ2n) is 10.3. The van der Waals surface area contributed by atoms with Gasteiger partial charge < -0.3 is 15.4 Å². The third kappa shape index (κ3) is 7.30. The molecule has 0 radical (unpaired) electrons. The molecular weight excluding hydrogens is 564 g/mol. The second kappa shape index (κ2) is 14.1. The molecule has 0 fully saturated rings. The van der Waals surface area contributed by atoms with Gasteiger partial charge in [-0.1, -0.05) is 71.9 Å². The summed E-state index contributed by atoms with van der Waals surface area (Å²) < 4.78 is 5.42. The normalized spacial score (nSPS) is 15.1. The summed E-state index contributed by atoms with van der Waals surface area (Å²) in [6.45, 7) is 1.82. The quantitative estimate of drug-likeness (QED) is 0.207. The Bertz CT molecular complexity index is 1580. The van der Waals surface area contributed by atoms with Crippen molar-refractivity contribution in [2.45, 2.75) is 57.3 Å². The van der Waals surface area contributed by atoms with Crippen molar-refractivity contribution in [1.82, 2.24) is 36.2 Å². The minimum absolute atomic E-state index is 0.000350. The standard InChI is InChI=1S/C31H32N8O5/c1-20(22-11-6-3-7-12-22)29(41)34-24(14-15-27(40)44-19-21-9-4-2-5-10-21)31(43)39-25(17-23-13-8-16-32-28(23)39)30(42)33-18-26-35-37-38-36-26/h2-13,16,20,24-25H,14-15,17-19H2,1H3,(H,33,42)(H,34,41)(H,35,36,37,38)/t20-,24+,25+/m1/s1. The fourth-order valence-corrected chi connectivity index (χ4v) is 4.95. The maximum absolute atomic E-state index is 14.2. The van der Waals surface area contributed by atoms with Gasteiger partial charge in [-0.2, -0.15) is 5.21 Å². The van der Waals surface area contributed by atoms with Crippen LogP contribution in [0, 0.1) is 0 Å². The molecule has 0 saturated carbocycles. The summed E-state index contributed by atoms with van der Waals surface area (Å²) in [5.74, 6) is -1.91. The van der Waals surface area contributed by atoms with Crippen molar-refractivity contribution in [2.24, 2.45) is 0 Å². The van der Waals surface area contributed by atoms with Crippen molar-refractivity contribution in [3.05, 3.63) is 102 Å². The molecule has 5 rings (SSSR count). The number of anilines is 1. The number of ether oxygens (including phenoxy) is 1. The highest BCUT2D eigenvalue weighted by Crippen LogP contribution is 2.31. The van der Waals surface area contributed by atoms with Gasteiger partial charge >= 0.3 is 5.97 Å². The van der Waals surface area contributed by atoms with E-state index in [9.17, 15) is 19.2 Å². The van der Waals surface area contributed by atoms with Crippen LogP contribution in [-0.2, 0) is 43.5 Å². The predicted octanol–water partition coefficient (Wildman–Crippen LogP) is 1.98. The number of esters is 1. The smallest absolute Gasteiger partial charge is 0.306 e. The molecule has 13 nitrogen and oxygen atoms in total. The number of fused-ring (bicyclic) bond motifs is 1. The van der Waals surface area contributed by atoms with Gasteiger partial charge in [-0.25, -0.2) is 4.98 Å². The summed E-state index contributed by atoms with van der Waals surface area (Å²) in [7, 11) is 0. The highest BCUT2D eigenvalue weighted by atomic mass is 16.5. The first-order valence-electron chi connectivity index (χ1n) is 14.2. The number of hydrogen-bond donors (Lipinski definition) is 3. The van der Waals surface area contributed by atoms with Crippen molar-refractivity contribution in [2.75, 3.05) is 4.90 Å². The van der Waals surface area contributed by atoms with Crippen molar-refractivity contribution in [1.29, 1.82) is 0 Å². The lowest BCUT2D eigenvalue weighted by atomic mass is 9.99. The highest BCUT2D eigenvalue weighted by molar-refractivity contribution is 6.06. The van der Waals surface area contributed by atoms with E-state index in [1.54, 1.807) is 19.1 Å². The van der Waals surface area contributed by atoms with E-state index in [-0.39, 0.29) is 38.2 Å². The maximum atomic E-state index is 14.2. The number of amides is 3. The van der Waals surface area contributed by atoms with Gasteiger partial charge in [0, 0.05) is 19.0 Å². The number of H-pyrrole nitrogens is 1. The van der Waals surface area contributed by atoms with Crippen LogP contribution in [0.1, 0.15) is 48.2 Å². The number of aromatic amines is 1. The molecule has 3 N–H and O–H groups in total. The van der Waals surface area contributed by atoms with Gasteiger partial charge in [0.2, 0.25) is 11.8 Å². The average Bonchev–Trinajstić information content (AvgIpc) is 3.73. The first kappa shape index (κ1) is 30.0. The summed E-state index contributed by atoms with van der Waals surface area (Å²) >= 11 is 0. The Hall–Kier alpha value is -5.46. The first-order valence-corrected chi connectivity index (χ1v) is 14.2. The molecule has 13 heteroatoms. The van der Waals surface area contributed by atoms with Crippen LogP contribution in [0.3, 0.4) is 0 Å². The number of pyridine rings is 1. The molecule has 4 aromatic rings. The molecule has 3 amide bonds. The Kier molecular flexibility index (Phi) is 9.64. The Labute approximate surface area is 253 Å². The molecule has 2 aromatic heterocycles. The molecule has 1 aliphatic heterocycles. The molecule has 44 heavy (non-hydrogen) atoms. The molecule has 2 aromatic carbocycles. The molecule has 0 unspecified atom stereocenters. The number of nitrogens with zero attached hydrogens (tertiary/aromatic N) is 5. The number of benzene rings is 2. The molecule has 0 aliphatic carbocycles. The van der Waals surface area contributed by atoms with Crippen LogP contribution in [0.2, 0.25) is 0 Å². The zero-order valence-electron chi connectivity index (χ0n) is 24.1. The lowest BCUT2D eigenvalue weighted by Gasteiger charge is -2.29. The van der Waals surface area contributed by atoms with Gasteiger partial charge in [0.15, 0.2) is 5.82 Å². The number of nitrogens with one attached hydrogen (secondary N) is 3. The lowest BCUT2D eigenvalue weighted by Crippen LogP contribution is -2.55. The summed E-state index contributed by atoms with van der Waals surface area (Å²) in [5.41, 5.74) is 2.30. The Balaban J connectivity index is 1.35. The van der Waals surface area contributed by atoms with Crippen molar-refractivity contribution < 1.29 is 23.9 Å². The van der Waals surface area contributed by atoms with Crippen molar-refractivity contribution >= 4 is 29.5 Å². The van der Waals surface area contributed by atoms with E-state index < -0.39 is 41.7 Å². The largest absolute Gasteiger partial charge is 0.461 e. The van der Waals surface area contributed by atoms with E-state index in [2.05, 4.69) is 36.2 Å². The van der Waals surface area contributed by atoms with Crippen LogP contribution in [0.5, 0.6) is 0 Å². The Morgan fingerprint density at radius 3 is 2.50 bits per heavy atom. The van der Waals surface area contributed by atoms with Gasteiger partial charge in [0.05, 0.1) is 12.5 Å². The maximum Gasteiger partial charge on any atom is 0.306 e. The zero-order chi connectivity index (χ0) is 30.9. The lowest BCUT2D eigenvalue weighted by molar-refractivity contribution is -0.145. The van der Waals surface area contributed by atoms with E-state index in [0.717, 1.165) is 11.1 Å². The summed E-state index contributed by atoms with van der Waals surface area (Å²) in [6, 6.07) is 19.8. The molecule has 3 atom stereocenters. The highest BCUT2D eigenvalue weighted by Gasteiger charge is 2.42. The third-order valence-corrected chi connectivity index (χ3v) is 7.36. The first-order chi connectivity index (χ1) is 21.4. The zero-order valence-corrected chi connectivity index (χ0v) is 24.1. The minimum atomic E-state index is -1.14. The number of hydrogen-bond acceptors (Lipinski definition) is 9. The second-order valence-corrected chi connectivity index (χ2v) is 10.3. The van der Waals surface area contributed by atoms with Crippen LogP contribution < -0.4 is 15.5 Å². The third-order valence-electron chi connectivity index (χ3n) is 7.36. The van der Waals surface area contributed by atoms with E-state index in [1.807, 2.05) is 60.7 Å². The van der Waals surface area contributed by atoms with E-state index in [0.29, 0.717) is 11.4 Å². The van der Waals surface area contributed by atoms with E-state index in [1.165, 1.54) is 11.1 Å². The molecule has 0 saturated heterocycles. The molecular formula is C31H32N8O5. The van der Waals surface area contributed by atoms with Gasteiger partial charge in [0.25, 0.3) is 5.91 Å². The summed E-state index contributed by atoms with van der Waals surface area (Å²) in [6.07, 6.45) is 1.56.